The number of carbonyl (C=O) groups excluding carboxylic acids is 2. The molecule has 0 aliphatic heterocycles. The van der Waals surface area contributed by atoms with E-state index in [0.29, 0.717) is 11.5 Å². The maximum Gasteiger partial charge on any atom is 0.276 e. The highest BCUT2D eigenvalue weighted by Gasteiger charge is 2.30. The number of aromatic nitrogens is 4. The highest BCUT2D eigenvalue weighted by atomic mass is 16.2. The van der Waals surface area contributed by atoms with E-state index in [2.05, 4.69) is 20.8 Å². The molecule has 2 amide bonds. The van der Waals surface area contributed by atoms with Gasteiger partial charge >= 0.3 is 0 Å². The first-order chi connectivity index (χ1) is 13.1. The molecular weight excluding hydrogens is 344 g/mol. The van der Waals surface area contributed by atoms with Crippen molar-refractivity contribution in [2.45, 2.75) is 26.3 Å². The molecule has 0 unspecified atom stereocenters. The fraction of sp³-hybridized carbons (Fsp3) is 0.263. The molecule has 8 heteroatoms. The van der Waals surface area contributed by atoms with Crippen molar-refractivity contribution in [1.29, 1.82) is 0 Å². The second-order valence-electron chi connectivity index (χ2n) is 6.46. The van der Waals surface area contributed by atoms with Crippen LogP contribution in [0.3, 0.4) is 0 Å². The molecule has 0 radical (unpaired) electrons. The van der Waals surface area contributed by atoms with E-state index < -0.39 is 0 Å². The van der Waals surface area contributed by atoms with E-state index in [4.69, 9.17) is 0 Å². The van der Waals surface area contributed by atoms with E-state index in [1.807, 2.05) is 37.3 Å². The maximum atomic E-state index is 12.6. The lowest BCUT2D eigenvalue weighted by Crippen LogP contribution is -2.16. The van der Waals surface area contributed by atoms with Gasteiger partial charge in [-0.05, 0) is 31.9 Å². The largest absolute Gasteiger partial charge is 0.318 e. The molecule has 138 valence electrons. The lowest BCUT2D eigenvalue weighted by molar-refractivity contribution is -0.117. The summed E-state index contributed by atoms with van der Waals surface area (Å²) in [7, 11) is 0. The molecule has 2 aromatic heterocycles. The average Bonchev–Trinajstić information content (AvgIpc) is 3.31. The molecular formula is C19H20N6O2. The van der Waals surface area contributed by atoms with Gasteiger partial charge in [0.25, 0.3) is 5.91 Å². The Hall–Kier alpha value is -3.42. The molecule has 8 nitrogen and oxygen atoms in total. The molecule has 0 atom stereocenters. The molecule has 1 saturated carbocycles. The van der Waals surface area contributed by atoms with E-state index >= 15 is 0 Å². The van der Waals surface area contributed by atoms with Crippen LogP contribution < -0.4 is 10.6 Å². The Labute approximate surface area is 156 Å². The van der Waals surface area contributed by atoms with Crippen molar-refractivity contribution in [1.82, 2.24) is 19.6 Å². The summed E-state index contributed by atoms with van der Waals surface area (Å²) in [6, 6.07) is 11.0. The van der Waals surface area contributed by atoms with Crippen molar-refractivity contribution in [3.63, 3.8) is 0 Å². The van der Waals surface area contributed by atoms with Crippen LogP contribution in [0, 0.1) is 5.92 Å². The quantitative estimate of drug-likeness (QED) is 0.703. The van der Waals surface area contributed by atoms with E-state index in [9.17, 15) is 9.59 Å². The Balaban J connectivity index is 1.61. The van der Waals surface area contributed by atoms with Crippen LogP contribution >= 0.6 is 0 Å². The van der Waals surface area contributed by atoms with Gasteiger partial charge in [-0.15, -0.1) is 0 Å². The summed E-state index contributed by atoms with van der Waals surface area (Å²) in [5, 5.41) is 14.2. The summed E-state index contributed by atoms with van der Waals surface area (Å²) in [5.41, 5.74) is 1.58. The number of nitrogens with zero attached hydrogens (tertiary/aromatic N) is 4. The number of nitrogens with one attached hydrogen (secondary N) is 2. The van der Waals surface area contributed by atoms with Crippen molar-refractivity contribution in [3.05, 3.63) is 54.5 Å². The Morgan fingerprint density at radius 1 is 1.19 bits per heavy atom. The molecule has 0 saturated heterocycles. The van der Waals surface area contributed by atoms with Gasteiger partial charge in [-0.25, -0.2) is 4.68 Å². The third kappa shape index (κ3) is 3.74. The number of benzene rings is 1. The minimum absolute atomic E-state index is 0.0386. The molecule has 1 aromatic carbocycles. The van der Waals surface area contributed by atoms with Crippen LogP contribution in [0.5, 0.6) is 0 Å². The second-order valence-corrected chi connectivity index (χ2v) is 6.46. The molecule has 2 heterocycles. The topological polar surface area (TPSA) is 93.8 Å². The fourth-order valence-electron chi connectivity index (χ4n) is 2.72. The molecule has 0 spiro atoms. The number of anilines is 2. The molecule has 3 aromatic rings. The summed E-state index contributed by atoms with van der Waals surface area (Å²) in [4.78, 5) is 24.8. The molecule has 2 N–H and O–H groups in total. The molecule has 1 aliphatic rings. The summed E-state index contributed by atoms with van der Waals surface area (Å²) in [6.45, 7) is 2.69. The SMILES string of the molecule is CCn1cc(NC(=O)c2cc(NC(=O)C3CC3)n(-c3ccccc3)n2)cn1. The van der Waals surface area contributed by atoms with Gasteiger partial charge in [0.05, 0.1) is 17.6 Å². The standard InChI is InChI=1S/C19H20N6O2/c1-2-24-12-14(11-20-24)21-19(27)16-10-17(22-18(26)13-8-9-13)25(23-16)15-6-4-3-5-7-15/h3-7,10-13H,2,8-9H2,1H3,(H,21,27)(H,22,26). The van der Waals surface area contributed by atoms with E-state index in [0.717, 1.165) is 25.1 Å². The van der Waals surface area contributed by atoms with Crippen molar-refractivity contribution in [2.75, 3.05) is 10.6 Å². The van der Waals surface area contributed by atoms with Crippen molar-refractivity contribution in [2.24, 2.45) is 5.92 Å². The van der Waals surface area contributed by atoms with Crippen LogP contribution in [0.15, 0.2) is 48.8 Å². The molecule has 1 fully saturated rings. The first-order valence-electron chi connectivity index (χ1n) is 8.94. The first-order valence-corrected chi connectivity index (χ1v) is 8.94. The predicted molar refractivity (Wildman–Crippen MR) is 101 cm³/mol. The Kier molecular flexibility index (Phi) is 4.45. The summed E-state index contributed by atoms with van der Waals surface area (Å²) in [6.07, 6.45) is 5.15. The molecule has 4 rings (SSSR count). The van der Waals surface area contributed by atoms with Crippen LogP contribution in [0.4, 0.5) is 11.5 Å². The molecule has 1 aliphatic carbocycles. The Morgan fingerprint density at radius 3 is 2.63 bits per heavy atom. The summed E-state index contributed by atoms with van der Waals surface area (Å²) < 4.78 is 3.30. The number of rotatable bonds is 6. The van der Waals surface area contributed by atoms with Gasteiger partial charge < -0.3 is 10.6 Å². The average molecular weight is 364 g/mol. The zero-order valence-corrected chi connectivity index (χ0v) is 14.9. The zero-order chi connectivity index (χ0) is 18.8. The number of hydrogen-bond acceptors (Lipinski definition) is 4. The Bertz CT molecular complexity index is 971. The number of amides is 2. The van der Waals surface area contributed by atoms with Gasteiger partial charge in [0.15, 0.2) is 5.69 Å². The van der Waals surface area contributed by atoms with Crippen LogP contribution in [0.25, 0.3) is 5.69 Å². The van der Waals surface area contributed by atoms with E-state index in [1.54, 1.807) is 27.8 Å². The normalized spacial score (nSPS) is 13.4. The van der Waals surface area contributed by atoms with E-state index in [-0.39, 0.29) is 23.4 Å². The smallest absolute Gasteiger partial charge is 0.276 e. The van der Waals surface area contributed by atoms with Crippen LogP contribution in [-0.4, -0.2) is 31.4 Å². The molecule has 0 bridgehead atoms. The number of carbonyl (C=O) groups is 2. The van der Waals surface area contributed by atoms with Crippen LogP contribution in [0.1, 0.15) is 30.3 Å². The maximum absolute atomic E-state index is 12.6. The van der Waals surface area contributed by atoms with Gasteiger partial charge in [-0.2, -0.15) is 10.2 Å². The third-order valence-electron chi connectivity index (χ3n) is 4.36. The van der Waals surface area contributed by atoms with Gasteiger partial charge in [0.2, 0.25) is 5.91 Å². The lowest BCUT2D eigenvalue weighted by atomic mass is 10.3. The lowest BCUT2D eigenvalue weighted by Gasteiger charge is -2.08. The monoisotopic (exact) mass is 364 g/mol. The fourth-order valence-corrected chi connectivity index (χ4v) is 2.72. The van der Waals surface area contributed by atoms with E-state index in [1.165, 1.54) is 0 Å². The summed E-state index contributed by atoms with van der Waals surface area (Å²) in [5.74, 6) is 0.138. The predicted octanol–water partition coefficient (Wildman–Crippen LogP) is 2.69. The minimum Gasteiger partial charge on any atom is -0.318 e. The van der Waals surface area contributed by atoms with Crippen LogP contribution in [-0.2, 0) is 11.3 Å². The van der Waals surface area contributed by atoms with Gasteiger partial charge in [-0.1, -0.05) is 18.2 Å². The highest BCUT2D eigenvalue weighted by molar-refractivity contribution is 6.04. The van der Waals surface area contributed by atoms with Crippen molar-refractivity contribution in [3.8, 4) is 5.69 Å². The number of hydrogen-bond donors (Lipinski definition) is 2. The first kappa shape index (κ1) is 17.0. The number of aryl methyl sites for hydroxylation is 1. The van der Waals surface area contributed by atoms with Gasteiger partial charge in [0, 0.05) is 24.7 Å². The van der Waals surface area contributed by atoms with Crippen molar-refractivity contribution >= 4 is 23.3 Å². The third-order valence-corrected chi connectivity index (χ3v) is 4.36. The second kappa shape index (κ2) is 7.06. The highest BCUT2D eigenvalue weighted by Crippen LogP contribution is 2.30. The summed E-state index contributed by atoms with van der Waals surface area (Å²) >= 11 is 0. The zero-order valence-electron chi connectivity index (χ0n) is 14.9. The van der Waals surface area contributed by atoms with Gasteiger partial charge in [0.1, 0.15) is 5.82 Å². The molecule has 27 heavy (non-hydrogen) atoms. The Morgan fingerprint density at radius 2 is 1.96 bits per heavy atom. The van der Waals surface area contributed by atoms with Gasteiger partial charge in [-0.3, -0.25) is 14.3 Å². The van der Waals surface area contributed by atoms with Crippen LogP contribution in [0.2, 0.25) is 0 Å². The number of para-hydroxylation sites is 1. The van der Waals surface area contributed by atoms with Crippen molar-refractivity contribution < 1.29 is 9.59 Å². The minimum atomic E-state index is -0.359.